The Morgan fingerprint density at radius 2 is 2.41 bits per heavy atom. The lowest BCUT2D eigenvalue weighted by molar-refractivity contribution is -0.426. The molecule has 0 fully saturated rings. The van der Waals surface area contributed by atoms with E-state index in [2.05, 4.69) is 11.6 Å². The molecular weight excluding hydrogens is 311 g/mol. The number of hydrogen-bond acceptors (Lipinski definition) is 4. The molecular formula is C15H16ClFN2O3. The number of rotatable bonds is 7. The molecule has 0 heterocycles. The summed E-state index contributed by atoms with van der Waals surface area (Å²) in [6.07, 6.45) is 7.12. The minimum Gasteiger partial charge on any atom is -0.479 e. The van der Waals surface area contributed by atoms with Crippen LogP contribution in [0.1, 0.15) is 13.3 Å². The van der Waals surface area contributed by atoms with Gasteiger partial charge in [-0.1, -0.05) is 18.2 Å². The summed E-state index contributed by atoms with van der Waals surface area (Å²) >= 11 is 5.94. The van der Waals surface area contributed by atoms with E-state index in [1.165, 1.54) is 30.5 Å². The average Bonchev–Trinajstić information content (AvgIpc) is 2.67. The van der Waals surface area contributed by atoms with Crippen LogP contribution in [0, 0.1) is 10.1 Å². The van der Waals surface area contributed by atoms with Crippen molar-refractivity contribution in [2.24, 2.45) is 4.99 Å². The van der Waals surface area contributed by atoms with Crippen molar-refractivity contribution in [3.05, 3.63) is 69.4 Å². The summed E-state index contributed by atoms with van der Waals surface area (Å²) in [5.41, 5.74) is -0.118. The predicted molar refractivity (Wildman–Crippen MR) is 85.0 cm³/mol. The summed E-state index contributed by atoms with van der Waals surface area (Å²) in [5.74, 6) is -0.790. The highest BCUT2D eigenvalue weighted by Crippen LogP contribution is 2.23. The molecule has 0 amide bonds. The molecule has 0 N–H and O–H groups in total. The molecule has 0 aromatic carbocycles. The Morgan fingerprint density at radius 3 is 3.00 bits per heavy atom. The van der Waals surface area contributed by atoms with Gasteiger partial charge in [0.25, 0.3) is 0 Å². The Balaban J connectivity index is 2.92. The van der Waals surface area contributed by atoms with E-state index in [1.807, 2.05) is 6.92 Å². The molecule has 0 aromatic heterocycles. The van der Waals surface area contributed by atoms with Gasteiger partial charge in [-0.3, -0.25) is 15.1 Å². The van der Waals surface area contributed by atoms with Crippen LogP contribution in [0.15, 0.2) is 64.3 Å². The first-order chi connectivity index (χ1) is 10.5. The third kappa shape index (κ3) is 5.65. The number of nitrogens with zero attached hydrogens (tertiary/aromatic N) is 2. The molecule has 0 aliphatic heterocycles. The van der Waals surface area contributed by atoms with Crippen LogP contribution < -0.4 is 0 Å². The second kappa shape index (κ2) is 8.94. The number of nitro groups is 1. The van der Waals surface area contributed by atoms with Crippen molar-refractivity contribution in [2.45, 2.75) is 19.4 Å². The SMILES string of the molecule is C=CC(C=C(Cl)C=NCC)OC1=CC=C([N+](=O)[O-])CC=C1F. The summed E-state index contributed by atoms with van der Waals surface area (Å²) < 4.78 is 19.3. The summed E-state index contributed by atoms with van der Waals surface area (Å²) in [7, 11) is 0. The van der Waals surface area contributed by atoms with Gasteiger partial charge in [-0.15, -0.1) is 0 Å². The largest absolute Gasteiger partial charge is 0.479 e. The molecule has 0 aromatic rings. The quantitative estimate of drug-likeness (QED) is 0.306. The van der Waals surface area contributed by atoms with E-state index in [0.717, 1.165) is 6.08 Å². The maximum atomic E-state index is 13.9. The molecule has 0 spiro atoms. The number of ether oxygens (including phenoxy) is 1. The van der Waals surface area contributed by atoms with E-state index < -0.39 is 16.9 Å². The molecule has 5 nitrogen and oxygen atoms in total. The first-order valence-electron chi connectivity index (χ1n) is 6.55. The minimum atomic E-state index is -0.688. The normalized spacial score (nSPS) is 17.2. The molecule has 118 valence electrons. The monoisotopic (exact) mass is 326 g/mol. The van der Waals surface area contributed by atoms with Crippen molar-refractivity contribution in [3.8, 4) is 0 Å². The van der Waals surface area contributed by atoms with Gasteiger partial charge in [0, 0.05) is 18.8 Å². The van der Waals surface area contributed by atoms with E-state index in [1.54, 1.807) is 0 Å². The Morgan fingerprint density at radius 1 is 1.68 bits per heavy atom. The fraction of sp³-hybridized carbons (Fsp3) is 0.267. The van der Waals surface area contributed by atoms with Gasteiger partial charge < -0.3 is 4.74 Å². The van der Waals surface area contributed by atoms with Gasteiger partial charge in [0.2, 0.25) is 5.70 Å². The van der Waals surface area contributed by atoms with Crippen molar-refractivity contribution < 1.29 is 14.1 Å². The van der Waals surface area contributed by atoms with Crippen molar-refractivity contribution >= 4 is 17.8 Å². The average molecular weight is 327 g/mol. The highest BCUT2D eigenvalue weighted by Gasteiger charge is 2.17. The number of hydrogen-bond donors (Lipinski definition) is 0. The fourth-order valence-corrected chi connectivity index (χ4v) is 1.71. The number of aliphatic imine (C=N–C) groups is 1. The van der Waals surface area contributed by atoms with Gasteiger partial charge in [0.05, 0.1) is 16.4 Å². The van der Waals surface area contributed by atoms with Crippen molar-refractivity contribution in [1.29, 1.82) is 0 Å². The summed E-state index contributed by atoms with van der Waals surface area (Å²) in [6.45, 7) is 6.03. The highest BCUT2D eigenvalue weighted by molar-refractivity contribution is 6.39. The molecule has 1 unspecified atom stereocenters. The van der Waals surface area contributed by atoms with Gasteiger partial charge in [0.15, 0.2) is 11.6 Å². The smallest absolute Gasteiger partial charge is 0.250 e. The molecule has 1 atom stereocenters. The summed E-state index contributed by atoms with van der Waals surface area (Å²) in [5, 5.41) is 11.0. The van der Waals surface area contributed by atoms with E-state index in [-0.39, 0.29) is 17.9 Å². The van der Waals surface area contributed by atoms with Crippen LogP contribution in [0.3, 0.4) is 0 Å². The Bertz CT molecular complexity index is 592. The van der Waals surface area contributed by atoms with Crippen LogP contribution in [-0.4, -0.2) is 23.8 Å². The van der Waals surface area contributed by atoms with Gasteiger partial charge in [-0.05, 0) is 31.2 Å². The minimum absolute atomic E-state index is 0.110. The zero-order chi connectivity index (χ0) is 16.5. The number of allylic oxidation sites excluding steroid dienone is 5. The molecule has 22 heavy (non-hydrogen) atoms. The molecule has 0 saturated carbocycles. The van der Waals surface area contributed by atoms with E-state index >= 15 is 0 Å². The third-order valence-corrected chi connectivity index (χ3v) is 2.83. The van der Waals surface area contributed by atoms with Gasteiger partial charge in [0.1, 0.15) is 6.10 Å². The van der Waals surface area contributed by atoms with Gasteiger partial charge in [-0.2, -0.15) is 0 Å². The van der Waals surface area contributed by atoms with E-state index in [4.69, 9.17) is 16.3 Å². The van der Waals surface area contributed by atoms with Crippen molar-refractivity contribution in [3.63, 3.8) is 0 Å². The maximum Gasteiger partial charge on any atom is 0.250 e. The molecule has 1 aliphatic carbocycles. The third-order valence-electron chi connectivity index (χ3n) is 2.60. The molecule has 1 rings (SSSR count). The van der Waals surface area contributed by atoms with Crippen LogP contribution in [0.25, 0.3) is 0 Å². The van der Waals surface area contributed by atoms with Gasteiger partial charge in [-0.25, -0.2) is 4.39 Å². The first-order valence-corrected chi connectivity index (χ1v) is 6.93. The predicted octanol–water partition coefficient (Wildman–Crippen LogP) is 4.07. The fourth-order valence-electron chi connectivity index (χ4n) is 1.52. The zero-order valence-corrected chi connectivity index (χ0v) is 12.8. The van der Waals surface area contributed by atoms with Crippen molar-refractivity contribution in [2.75, 3.05) is 6.54 Å². The Labute approximate surface area is 133 Å². The van der Waals surface area contributed by atoms with Crippen LogP contribution in [-0.2, 0) is 4.74 Å². The number of halogens is 2. The van der Waals surface area contributed by atoms with Crippen LogP contribution >= 0.6 is 11.6 Å². The first kappa shape index (κ1) is 17.8. The summed E-state index contributed by atoms with van der Waals surface area (Å²) in [6, 6.07) is 0. The van der Waals surface area contributed by atoms with Gasteiger partial charge >= 0.3 is 0 Å². The van der Waals surface area contributed by atoms with Crippen molar-refractivity contribution in [1.82, 2.24) is 0 Å². The maximum absolute atomic E-state index is 13.9. The lowest BCUT2D eigenvalue weighted by Gasteiger charge is -2.13. The van der Waals surface area contributed by atoms with E-state index in [0.29, 0.717) is 11.6 Å². The summed E-state index contributed by atoms with van der Waals surface area (Å²) in [4.78, 5) is 14.1. The molecule has 1 aliphatic rings. The molecule has 0 saturated heterocycles. The Hall–Kier alpha value is -2.21. The molecule has 0 bridgehead atoms. The van der Waals surface area contributed by atoms with Crippen LogP contribution in [0.2, 0.25) is 0 Å². The van der Waals surface area contributed by atoms with E-state index in [9.17, 15) is 14.5 Å². The topological polar surface area (TPSA) is 64.7 Å². The van der Waals surface area contributed by atoms with Crippen LogP contribution in [0.5, 0.6) is 0 Å². The Kier molecular flexibility index (Phi) is 7.25. The molecule has 7 heteroatoms. The molecule has 0 radical (unpaired) electrons. The zero-order valence-electron chi connectivity index (χ0n) is 12.0. The highest BCUT2D eigenvalue weighted by atomic mass is 35.5. The van der Waals surface area contributed by atoms with Crippen LogP contribution in [0.4, 0.5) is 4.39 Å². The standard InChI is InChI=1S/C15H16ClFN2O3/c1-3-13(9-11(16)10-18-4-2)22-15-8-6-12(19(20)21)5-7-14(15)17/h3,6-10,13H,1,4-5H2,2H3. The lowest BCUT2D eigenvalue weighted by atomic mass is 10.3. The lowest BCUT2D eigenvalue weighted by Crippen LogP contribution is -2.07. The second-order valence-corrected chi connectivity index (χ2v) is 4.64. The second-order valence-electron chi connectivity index (χ2n) is 4.20.